The first-order valence-corrected chi connectivity index (χ1v) is 8.53. The average Bonchev–Trinajstić information content (AvgIpc) is 3.35. The Hall–Kier alpha value is -2.02. The van der Waals surface area contributed by atoms with Crippen molar-refractivity contribution in [3.63, 3.8) is 0 Å². The highest BCUT2D eigenvalue weighted by molar-refractivity contribution is 6.11. The third-order valence-corrected chi connectivity index (χ3v) is 6.11. The molecule has 0 radical (unpaired) electrons. The molecule has 1 heterocycles. The van der Waals surface area contributed by atoms with Crippen LogP contribution in [0.5, 0.6) is 5.75 Å². The van der Waals surface area contributed by atoms with Gasteiger partial charge in [0.05, 0.1) is 5.92 Å². The van der Waals surface area contributed by atoms with Gasteiger partial charge in [-0.3, -0.25) is 9.59 Å². The molecule has 0 saturated carbocycles. The molecule has 4 aliphatic rings. The molecule has 3 aliphatic carbocycles. The number of hydrogen-bond donors (Lipinski definition) is 3. The number of aliphatic hydroxyl groups excluding tert-OH is 1. The number of ketones is 2. The maximum absolute atomic E-state index is 13.2. The van der Waals surface area contributed by atoms with Crippen LogP contribution in [0.25, 0.3) is 0 Å². The van der Waals surface area contributed by atoms with E-state index in [2.05, 4.69) is 0 Å². The van der Waals surface area contributed by atoms with E-state index in [-0.39, 0.29) is 28.6 Å². The van der Waals surface area contributed by atoms with Crippen molar-refractivity contribution in [1.82, 2.24) is 0 Å². The Balaban J connectivity index is 1.77. The summed E-state index contributed by atoms with van der Waals surface area (Å²) < 4.78 is 5.64. The van der Waals surface area contributed by atoms with E-state index >= 15 is 0 Å². The fourth-order valence-electron chi connectivity index (χ4n) is 5.00. The molecule has 0 bridgehead atoms. The Kier molecular flexibility index (Phi) is 2.79. The van der Waals surface area contributed by atoms with Crippen molar-refractivity contribution in [3.8, 4) is 5.75 Å². The highest BCUT2D eigenvalue weighted by Crippen LogP contribution is 2.60. The lowest BCUT2D eigenvalue weighted by Crippen LogP contribution is -2.59. The van der Waals surface area contributed by atoms with E-state index in [9.17, 15) is 24.9 Å². The van der Waals surface area contributed by atoms with Crippen molar-refractivity contribution >= 4 is 11.6 Å². The summed E-state index contributed by atoms with van der Waals surface area (Å²) in [6.45, 7) is 1.98. The fourth-order valence-corrected chi connectivity index (χ4v) is 5.00. The quantitative estimate of drug-likeness (QED) is 0.608. The first kappa shape index (κ1) is 15.3. The van der Waals surface area contributed by atoms with Crippen molar-refractivity contribution < 1.29 is 29.6 Å². The standard InChI is InChI=1S/C19H18O6/c1-7-5-9-12(11(21)6-7)14-15(22)8-3-2-4-10(20)13(8)17(23)19(14,24)18-16(9)25-18/h2-4,7,14,16-18,20,23-24H,5-6H2,1H3/t7-,14-,16-,17+,18-,19-/m0/s1. The van der Waals surface area contributed by atoms with Gasteiger partial charge >= 0.3 is 0 Å². The van der Waals surface area contributed by atoms with Crippen LogP contribution in [-0.2, 0) is 9.53 Å². The first-order valence-electron chi connectivity index (χ1n) is 8.53. The van der Waals surface area contributed by atoms with Crippen LogP contribution in [0.2, 0.25) is 0 Å². The fraction of sp³-hybridized carbons (Fsp3) is 0.474. The second kappa shape index (κ2) is 4.58. The van der Waals surface area contributed by atoms with Gasteiger partial charge in [0.25, 0.3) is 0 Å². The Morgan fingerprint density at radius 2 is 2.00 bits per heavy atom. The number of fused-ring (bicyclic) bond motifs is 6. The number of carbonyl (C=O) groups excluding carboxylic acids is 2. The van der Waals surface area contributed by atoms with Gasteiger partial charge in [-0.15, -0.1) is 0 Å². The highest BCUT2D eigenvalue weighted by Gasteiger charge is 2.71. The van der Waals surface area contributed by atoms with Gasteiger partial charge in [0.2, 0.25) is 0 Å². The zero-order valence-electron chi connectivity index (χ0n) is 13.6. The van der Waals surface area contributed by atoms with Gasteiger partial charge in [-0.25, -0.2) is 0 Å². The molecule has 6 nitrogen and oxygen atoms in total. The van der Waals surface area contributed by atoms with Gasteiger partial charge in [-0.1, -0.05) is 19.1 Å². The highest BCUT2D eigenvalue weighted by atomic mass is 16.6. The van der Waals surface area contributed by atoms with Gasteiger partial charge in [0.1, 0.15) is 29.7 Å². The zero-order chi connectivity index (χ0) is 17.7. The van der Waals surface area contributed by atoms with E-state index in [4.69, 9.17) is 4.74 Å². The second-order valence-electron chi connectivity index (χ2n) is 7.68. The van der Waals surface area contributed by atoms with E-state index in [1.807, 2.05) is 6.92 Å². The number of carbonyl (C=O) groups is 2. The normalized spacial score (nSPS) is 41.6. The number of benzene rings is 1. The molecular formula is C19H18O6. The number of aliphatic hydroxyl groups is 2. The summed E-state index contributed by atoms with van der Waals surface area (Å²) in [5.41, 5.74) is -0.645. The van der Waals surface area contributed by atoms with E-state index in [1.54, 1.807) is 0 Å². The van der Waals surface area contributed by atoms with Crippen LogP contribution in [0.1, 0.15) is 41.8 Å². The lowest BCUT2D eigenvalue weighted by Gasteiger charge is -2.46. The smallest absolute Gasteiger partial charge is 0.174 e. The summed E-state index contributed by atoms with van der Waals surface area (Å²) in [7, 11) is 0. The molecule has 0 unspecified atom stereocenters. The minimum absolute atomic E-state index is 0.0150. The molecule has 3 N–H and O–H groups in total. The van der Waals surface area contributed by atoms with E-state index in [1.165, 1.54) is 18.2 Å². The predicted molar refractivity (Wildman–Crippen MR) is 84.9 cm³/mol. The van der Waals surface area contributed by atoms with Gasteiger partial charge in [0, 0.05) is 23.1 Å². The lowest BCUT2D eigenvalue weighted by atomic mass is 9.58. The van der Waals surface area contributed by atoms with E-state index in [0.717, 1.165) is 5.57 Å². The van der Waals surface area contributed by atoms with Gasteiger partial charge in [0.15, 0.2) is 11.6 Å². The number of phenols is 1. The topological polar surface area (TPSA) is 107 Å². The maximum atomic E-state index is 13.2. The molecule has 1 aromatic rings. The number of aromatic hydroxyl groups is 1. The molecule has 25 heavy (non-hydrogen) atoms. The molecule has 5 rings (SSSR count). The lowest BCUT2D eigenvalue weighted by molar-refractivity contribution is -0.130. The van der Waals surface area contributed by atoms with Crippen LogP contribution < -0.4 is 0 Å². The molecule has 1 aromatic carbocycles. The van der Waals surface area contributed by atoms with Crippen molar-refractivity contribution in [2.45, 2.75) is 43.7 Å². The molecule has 1 fully saturated rings. The van der Waals surface area contributed by atoms with Gasteiger partial charge in [-0.2, -0.15) is 0 Å². The SMILES string of the molecule is C[C@@H]1CC(=O)C2=C(C1)[C@@H]1O[C@@H]1[C@]1(O)[C@@H]2C(=O)c2cccc(O)c2[C@H]1O. The molecule has 0 spiro atoms. The average molecular weight is 342 g/mol. The predicted octanol–water partition coefficient (Wildman–Crippen LogP) is 1.05. The summed E-state index contributed by atoms with van der Waals surface area (Å²) in [5, 5.41) is 32.3. The van der Waals surface area contributed by atoms with Crippen molar-refractivity contribution in [1.29, 1.82) is 0 Å². The Morgan fingerprint density at radius 1 is 1.24 bits per heavy atom. The number of Topliss-reactive ketones (excluding diaryl/α,β-unsaturated/α-hetero) is 2. The molecule has 130 valence electrons. The molecule has 1 aliphatic heterocycles. The number of hydrogen-bond acceptors (Lipinski definition) is 6. The first-order chi connectivity index (χ1) is 11.9. The number of rotatable bonds is 0. The molecule has 0 amide bonds. The molecule has 6 atom stereocenters. The minimum atomic E-state index is -1.93. The third-order valence-electron chi connectivity index (χ3n) is 6.11. The van der Waals surface area contributed by atoms with Crippen LogP contribution >= 0.6 is 0 Å². The monoisotopic (exact) mass is 342 g/mol. The number of phenolic OH excluding ortho intramolecular Hbond substituents is 1. The largest absolute Gasteiger partial charge is 0.508 e. The zero-order valence-corrected chi connectivity index (χ0v) is 13.6. The van der Waals surface area contributed by atoms with E-state index < -0.39 is 35.6 Å². The van der Waals surface area contributed by atoms with Crippen molar-refractivity contribution in [2.75, 3.05) is 0 Å². The Morgan fingerprint density at radius 3 is 2.76 bits per heavy atom. The molecular weight excluding hydrogens is 324 g/mol. The summed E-state index contributed by atoms with van der Waals surface area (Å²) in [4.78, 5) is 25.9. The second-order valence-corrected chi connectivity index (χ2v) is 7.68. The number of epoxide rings is 1. The van der Waals surface area contributed by atoms with E-state index in [0.29, 0.717) is 18.4 Å². The van der Waals surface area contributed by atoms with Crippen LogP contribution in [0.15, 0.2) is 29.3 Å². The maximum Gasteiger partial charge on any atom is 0.174 e. The number of ether oxygens (including phenoxy) is 1. The Labute approximate surface area is 143 Å². The summed E-state index contributed by atoms with van der Waals surface area (Å²) >= 11 is 0. The molecule has 6 heteroatoms. The van der Waals surface area contributed by atoms with Crippen LogP contribution in [0.4, 0.5) is 0 Å². The van der Waals surface area contributed by atoms with Crippen molar-refractivity contribution in [3.05, 3.63) is 40.5 Å². The summed E-state index contributed by atoms with van der Waals surface area (Å²) in [5.74, 6) is -1.82. The van der Waals surface area contributed by atoms with Crippen LogP contribution in [0, 0.1) is 11.8 Å². The Bertz CT molecular complexity index is 871. The van der Waals surface area contributed by atoms with Gasteiger partial charge < -0.3 is 20.1 Å². The minimum Gasteiger partial charge on any atom is -0.508 e. The molecule has 0 aromatic heterocycles. The summed E-state index contributed by atoms with van der Waals surface area (Å²) in [6.07, 6.45) is -1.69. The van der Waals surface area contributed by atoms with Crippen LogP contribution in [0.3, 0.4) is 0 Å². The molecule has 1 saturated heterocycles. The third kappa shape index (κ3) is 1.69. The van der Waals surface area contributed by atoms with Crippen LogP contribution in [-0.4, -0.2) is 44.7 Å². The summed E-state index contributed by atoms with van der Waals surface area (Å²) in [6, 6.07) is 4.39. The van der Waals surface area contributed by atoms with Crippen molar-refractivity contribution in [2.24, 2.45) is 11.8 Å². The van der Waals surface area contributed by atoms with Gasteiger partial charge in [-0.05, 0) is 24.0 Å².